The zero-order valence-electron chi connectivity index (χ0n) is 11.9. The molecule has 1 aromatic heterocycles. The van der Waals surface area contributed by atoms with Gasteiger partial charge < -0.3 is 4.42 Å². The molecule has 0 spiro atoms. The highest BCUT2D eigenvalue weighted by Crippen LogP contribution is 2.21. The molecule has 1 unspecified atom stereocenters. The average Bonchev–Trinajstić information content (AvgIpc) is 2.77. The van der Waals surface area contributed by atoms with Crippen molar-refractivity contribution in [3.63, 3.8) is 0 Å². The Morgan fingerprint density at radius 2 is 1.95 bits per heavy atom. The van der Waals surface area contributed by atoms with Crippen molar-refractivity contribution in [1.29, 1.82) is 0 Å². The van der Waals surface area contributed by atoms with Crippen LogP contribution in [0.15, 0.2) is 34.7 Å². The molecule has 0 saturated carbocycles. The number of hydrogen-bond acceptors (Lipinski definition) is 3. The van der Waals surface area contributed by atoms with Crippen LogP contribution in [0.1, 0.15) is 19.1 Å². The fourth-order valence-corrected chi connectivity index (χ4v) is 3.41. The van der Waals surface area contributed by atoms with Crippen LogP contribution >= 0.6 is 0 Å². The second-order valence-electron chi connectivity index (χ2n) is 5.16. The van der Waals surface area contributed by atoms with Gasteiger partial charge in [0.05, 0.1) is 12.2 Å². The summed E-state index contributed by atoms with van der Waals surface area (Å²) < 4.78 is 67.2. The molecule has 1 N–H and O–H groups in total. The zero-order chi connectivity index (χ0) is 16.4. The molecule has 0 aliphatic carbocycles. The fourth-order valence-electron chi connectivity index (χ4n) is 2.10. The predicted molar refractivity (Wildman–Crippen MR) is 77.0 cm³/mol. The van der Waals surface area contributed by atoms with Crippen LogP contribution in [-0.4, -0.2) is 26.4 Å². The Morgan fingerprint density at radius 3 is 2.59 bits per heavy atom. The molecular weight excluding hydrogens is 319 g/mol. The van der Waals surface area contributed by atoms with Gasteiger partial charge in [-0.2, -0.15) is 13.2 Å². The van der Waals surface area contributed by atoms with E-state index in [0.717, 1.165) is 5.39 Å². The largest absolute Gasteiger partial charge is 0.461 e. The van der Waals surface area contributed by atoms with Crippen molar-refractivity contribution in [1.82, 2.24) is 4.72 Å². The van der Waals surface area contributed by atoms with Crippen LogP contribution in [-0.2, 0) is 16.4 Å². The lowest BCUT2D eigenvalue weighted by Gasteiger charge is -2.13. The summed E-state index contributed by atoms with van der Waals surface area (Å²) in [5.74, 6) is -0.395. The third kappa shape index (κ3) is 5.03. The number of furan rings is 1. The van der Waals surface area contributed by atoms with Crippen molar-refractivity contribution >= 4 is 21.0 Å². The Hall–Kier alpha value is -1.54. The molecule has 1 aromatic carbocycles. The van der Waals surface area contributed by atoms with Crippen molar-refractivity contribution in [3.05, 3.63) is 36.1 Å². The lowest BCUT2D eigenvalue weighted by atomic mass is 10.2. The van der Waals surface area contributed by atoms with E-state index >= 15 is 0 Å². The number of hydrogen-bond donors (Lipinski definition) is 1. The summed E-state index contributed by atoms with van der Waals surface area (Å²) in [4.78, 5) is 0. The van der Waals surface area contributed by atoms with Crippen LogP contribution in [0, 0.1) is 0 Å². The lowest BCUT2D eigenvalue weighted by Crippen LogP contribution is -2.36. The monoisotopic (exact) mass is 335 g/mol. The molecule has 4 nitrogen and oxygen atoms in total. The van der Waals surface area contributed by atoms with E-state index in [1.807, 2.05) is 18.2 Å². The van der Waals surface area contributed by atoms with Gasteiger partial charge in [0.25, 0.3) is 0 Å². The van der Waals surface area contributed by atoms with E-state index in [0.29, 0.717) is 11.3 Å². The van der Waals surface area contributed by atoms with E-state index < -0.39 is 34.4 Å². The molecule has 8 heteroatoms. The Balaban J connectivity index is 1.95. The first-order valence-electron chi connectivity index (χ1n) is 6.69. The van der Waals surface area contributed by atoms with E-state index in [2.05, 4.69) is 4.72 Å². The standard InChI is InChI=1S/C14H16F3NO3S/c1-10(18-22(19,20)7-6-14(15,16)17)8-12-9-11-4-2-3-5-13(11)21-12/h2-5,9-10,18H,6-8H2,1H3. The summed E-state index contributed by atoms with van der Waals surface area (Å²) in [5.41, 5.74) is 0.685. The number of para-hydroxylation sites is 1. The zero-order valence-corrected chi connectivity index (χ0v) is 12.7. The second-order valence-corrected chi connectivity index (χ2v) is 7.03. The van der Waals surface area contributed by atoms with Crippen molar-refractivity contribution in [2.75, 3.05) is 5.75 Å². The van der Waals surface area contributed by atoms with E-state index in [1.54, 1.807) is 19.1 Å². The number of halogens is 3. The first kappa shape index (κ1) is 16.8. The molecule has 1 atom stereocenters. The minimum absolute atomic E-state index is 0.264. The molecule has 22 heavy (non-hydrogen) atoms. The summed E-state index contributed by atoms with van der Waals surface area (Å²) in [5, 5.41) is 0.893. The molecule has 0 bridgehead atoms. The number of alkyl halides is 3. The highest BCUT2D eigenvalue weighted by atomic mass is 32.2. The Kier molecular flexibility index (Phi) is 4.81. The first-order chi connectivity index (χ1) is 10.1. The SMILES string of the molecule is CC(Cc1cc2ccccc2o1)NS(=O)(=O)CCC(F)(F)F. The van der Waals surface area contributed by atoms with Gasteiger partial charge in [0, 0.05) is 17.8 Å². The second kappa shape index (κ2) is 6.29. The fraction of sp³-hybridized carbons (Fsp3) is 0.429. The molecule has 0 radical (unpaired) electrons. The van der Waals surface area contributed by atoms with E-state index in [4.69, 9.17) is 4.42 Å². The average molecular weight is 335 g/mol. The Labute approximate surface area is 126 Å². The van der Waals surface area contributed by atoms with Gasteiger partial charge in [0.15, 0.2) is 0 Å². The van der Waals surface area contributed by atoms with Crippen LogP contribution in [0.5, 0.6) is 0 Å². The first-order valence-corrected chi connectivity index (χ1v) is 8.34. The third-order valence-electron chi connectivity index (χ3n) is 3.02. The third-order valence-corrected chi connectivity index (χ3v) is 4.52. The number of rotatable bonds is 6. The minimum atomic E-state index is -4.49. The molecule has 0 saturated heterocycles. The highest BCUT2D eigenvalue weighted by Gasteiger charge is 2.30. The van der Waals surface area contributed by atoms with E-state index in [1.165, 1.54) is 0 Å². The number of nitrogens with one attached hydrogen (secondary N) is 1. The van der Waals surface area contributed by atoms with Crippen molar-refractivity contribution < 1.29 is 26.0 Å². The molecule has 0 aliphatic rings. The Morgan fingerprint density at radius 1 is 1.27 bits per heavy atom. The van der Waals surface area contributed by atoms with Gasteiger partial charge in [-0.15, -0.1) is 0 Å². The van der Waals surface area contributed by atoms with Crippen molar-refractivity contribution in [3.8, 4) is 0 Å². The quantitative estimate of drug-likeness (QED) is 0.882. The summed E-state index contributed by atoms with van der Waals surface area (Å²) >= 11 is 0. The summed E-state index contributed by atoms with van der Waals surface area (Å²) in [7, 11) is -3.98. The lowest BCUT2D eigenvalue weighted by molar-refractivity contribution is -0.130. The smallest absolute Gasteiger partial charge is 0.390 e. The van der Waals surface area contributed by atoms with Gasteiger partial charge in [-0.3, -0.25) is 0 Å². The number of sulfonamides is 1. The van der Waals surface area contributed by atoms with Crippen LogP contribution in [0.2, 0.25) is 0 Å². The van der Waals surface area contributed by atoms with Gasteiger partial charge in [-0.1, -0.05) is 18.2 Å². The molecule has 2 rings (SSSR count). The molecule has 2 aromatic rings. The maximum atomic E-state index is 12.1. The van der Waals surface area contributed by atoms with Gasteiger partial charge in [0.2, 0.25) is 10.0 Å². The van der Waals surface area contributed by atoms with Crippen molar-refractivity contribution in [2.24, 2.45) is 0 Å². The number of benzene rings is 1. The summed E-state index contributed by atoms with van der Waals surface area (Å²) in [6.07, 6.45) is -5.59. The molecule has 122 valence electrons. The topological polar surface area (TPSA) is 59.3 Å². The van der Waals surface area contributed by atoms with Crippen LogP contribution < -0.4 is 4.72 Å². The van der Waals surface area contributed by atoms with Crippen LogP contribution in [0.3, 0.4) is 0 Å². The maximum Gasteiger partial charge on any atom is 0.390 e. The van der Waals surface area contributed by atoms with E-state index in [-0.39, 0.29) is 6.42 Å². The maximum absolute atomic E-state index is 12.1. The highest BCUT2D eigenvalue weighted by molar-refractivity contribution is 7.89. The van der Waals surface area contributed by atoms with E-state index in [9.17, 15) is 21.6 Å². The minimum Gasteiger partial charge on any atom is -0.461 e. The van der Waals surface area contributed by atoms with Crippen molar-refractivity contribution in [2.45, 2.75) is 32.0 Å². The van der Waals surface area contributed by atoms with Crippen LogP contribution in [0.4, 0.5) is 13.2 Å². The molecule has 0 fully saturated rings. The van der Waals surface area contributed by atoms with Crippen LogP contribution in [0.25, 0.3) is 11.0 Å². The summed E-state index contributed by atoms with van der Waals surface area (Å²) in [6.45, 7) is 1.58. The molecule has 0 amide bonds. The van der Waals surface area contributed by atoms with Gasteiger partial charge in [-0.25, -0.2) is 13.1 Å². The molecular formula is C14H16F3NO3S. The molecule has 1 heterocycles. The van der Waals surface area contributed by atoms with Gasteiger partial charge in [0.1, 0.15) is 11.3 Å². The number of fused-ring (bicyclic) bond motifs is 1. The molecule has 0 aliphatic heterocycles. The predicted octanol–water partition coefficient (Wildman–Crippen LogP) is 3.24. The Bertz CT molecular complexity index is 704. The normalized spacial score (nSPS) is 14.4. The van der Waals surface area contributed by atoms with Gasteiger partial charge in [-0.05, 0) is 19.1 Å². The van der Waals surface area contributed by atoms with Gasteiger partial charge >= 0.3 is 6.18 Å². The summed E-state index contributed by atoms with van der Waals surface area (Å²) in [6, 6.07) is 8.55.